The van der Waals surface area contributed by atoms with Crippen molar-refractivity contribution in [2.75, 3.05) is 13.6 Å². The van der Waals surface area contributed by atoms with Gasteiger partial charge in [-0.3, -0.25) is 9.59 Å². The molecule has 0 saturated carbocycles. The first kappa shape index (κ1) is 15.1. The van der Waals surface area contributed by atoms with Gasteiger partial charge in [-0.05, 0) is 38.5 Å². The van der Waals surface area contributed by atoms with Gasteiger partial charge < -0.3 is 10.2 Å². The van der Waals surface area contributed by atoms with Crippen LogP contribution < -0.4 is 5.32 Å². The predicted molar refractivity (Wildman–Crippen MR) is 71.4 cm³/mol. The third kappa shape index (κ3) is 4.35. The maximum Gasteiger partial charge on any atom is 0.257 e. The lowest BCUT2D eigenvalue weighted by Gasteiger charge is -2.18. The normalized spacial score (nSPS) is 10.4. The highest BCUT2D eigenvalue weighted by molar-refractivity contribution is 5.96. The zero-order chi connectivity index (χ0) is 14.6. The second-order valence-corrected chi connectivity index (χ2v) is 4.87. The Morgan fingerprint density at radius 3 is 2.53 bits per heavy atom. The maximum atomic E-state index is 13.7. The molecular formula is C14H19FN2O2. The molecule has 1 aromatic rings. The van der Waals surface area contributed by atoms with Gasteiger partial charge in [-0.1, -0.05) is 6.07 Å². The molecule has 0 saturated heterocycles. The summed E-state index contributed by atoms with van der Waals surface area (Å²) in [5, 5.41) is 2.68. The van der Waals surface area contributed by atoms with Gasteiger partial charge in [-0.15, -0.1) is 0 Å². The van der Waals surface area contributed by atoms with Gasteiger partial charge in [0.2, 0.25) is 5.91 Å². The second kappa shape index (κ2) is 6.31. The van der Waals surface area contributed by atoms with Crippen molar-refractivity contribution in [3.63, 3.8) is 0 Å². The quantitative estimate of drug-likeness (QED) is 0.902. The Labute approximate surface area is 112 Å². The summed E-state index contributed by atoms with van der Waals surface area (Å²) in [6.07, 6.45) is 0. The minimum absolute atomic E-state index is 0.00659. The number of nitrogens with one attached hydrogen (secondary N) is 1. The summed E-state index contributed by atoms with van der Waals surface area (Å²) in [7, 11) is 1.47. The van der Waals surface area contributed by atoms with Crippen LogP contribution in [0.2, 0.25) is 0 Å². The lowest BCUT2D eigenvalue weighted by atomic mass is 10.1. The number of rotatable bonds is 4. The van der Waals surface area contributed by atoms with Crippen molar-refractivity contribution >= 4 is 11.8 Å². The van der Waals surface area contributed by atoms with Crippen molar-refractivity contribution < 1.29 is 14.0 Å². The smallest absolute Gasteiger partial charge is 0.257 e. The van der Waals surface area contributed by atoms with Crippen LogP contribution >= 0.6 is 0 Å². The van der Waals surface area contributed by atoms with E-state index in [4.69, 9.17) is 0 Å². The molecule has 5 heteroatoms. The highest BCUT2D eigenvalue weighted by atomic mass is 19.1. The van der Waals surface area contributed by atoms with Gasteiger partial charge in [0.1, 0.15) is 5.82 Å². The summed E-state index contributed by atoms with van der Waals surface area (Å²) in [6, 6.07) is 4.41. The average Bonchev–Trinajstić information content (AvgIpc) is 2.26. The van der Waals surface area contributed by atoms with E-state index in [0.29, 0.717) is 0 Å². The zero-order valence-electron chi connectivity index (χ0n) is 11.7. The van der Waals surface area contributed by atoms with E-state index in [0.717, 1.165) is 5.56 Å². The summed E-state index contributed by atoms with van der Waals surface area (Å²) >= 11 is 0. The third-order valence-corrected chi connectivity index (χ3v) is 2.53. The maximum absolute atomic E-state index is 13.7. The Morgan fingerprint density at radius 1 is 1.37 bits per heavy atom. The zero-order valence-corrected chi connectivity index (χ0v) is 11.7. The molecule has 0 heterocycles. The first-order valence-electron chi connectivity index (χ1n) is 6.12. The number of carbonyl (C=O) groups is 2. The van der Waals surface area contributed by atoms with E-state index in [1.54, 1.807) is 13.0 Å². The minimum atomic E-state index is -0.568. The van der Waals surface area contributed by atoms with Crippen molar-refractivity contribution in [3.05, 3.63) is 35.1 Å². The van der Waals surface area contributed by atoms with Gasteiger partial charge in [0.25, 0.3) is 5.91 Å². The average molecular weight is 266 g/mol. The molecule has 0 bridgehead atoms. The molecule has 0 aliphatic carbocycles. The van der Waals surface area contributed by atoms with Gasteiger partial charge in [0.15, 0.2) is 0 Å². The highest BCUT2D eigenvalue weighted by Gasteiger charge is 2.18. The van der Waals surface area contributed by atoms with E-state index in [9.17, 15) is 14.0 Å². The number of aryl methyl sites for hydroxylation is 1. The first-order chi connectivity index (χ1) is 8.81. The van der Waals surface area contributed by atoms with E-state index in [2.05, 4.69) is 5.32 Å². The Morgan fingerprint density at radius 2 is 2.00 bits per heavy atom. The van der Waals surface area contributed by atoms with Crippen LogP contribution in [0.15, 0.2) is 18.2 Å². The summed E-state index contributed by atoms with van der Waals surface area (Å²) in [4.78, 5) is 24.7. The van der Waals surface area contributed by atoms with Gasteiger partial charge >= 0.3 is 0 Å². The van der Waals surface area contributed by atoms with E-state index in [1.165, 1.54) is 24.1 Å². The number of halogens is 1. The Bertz CT molecular complexity index is 486. The Hall–Kier alpha value is -1.91. The van der Waals surface area contributed by atoms with Crippen molar-refractivity contribution in [2.24, 2.45) is 0 Å². The lowest BCUT2D eigenvalue weighted by Crippen LogP contribution is -2.41. The highest BCUT2D eigenvalue weighted by Crippen LogP contribution is 2.11. The largest absolute Gasteiger partial charge is 0.352 e. The molecular weight excluding hydrogens is 247 g/mol. The lowest BCUT2D eigenvalue weighted by molar-refractivity contribution is -0.122. The summed E-state index contributed by atoms with van der Waals surface area (Å²) in [5.74, 6) is -1.34. The molecule has 0 fully saturated rings. The van der Waals surface area contributed by atoms with Crippen molar-refractivity contribution in [3.8, 4) is 0 Å². The molecule has 0 unspecified atom stereocenters. The fraction of sp³-hybridized carbons (Fsp3) is 0.429. The molecule has 4 nitrogen and oxygen atoms in total. The summed E-state index contributed by atoms with van der Waals surface area (Å²) in [6.45, 7) is 5.32. The molecule has 104 valence electrons. The fourth-order valence-electron chi connectivity index (χ4n) is 1.65. The van der Waals surface area contributed by atoms with E-state index in [1.807, 2.05) is 13.8 Å². The van der Waals surface area contributed by atoms with Gasteiger partial charge in [-0.25, -0.2) is 4.39 Å². The number of benzene rings is 1. The van der Waals surface area contributed by atoms with Gasteiger partial charge in [-0.2, -0.15) is 0 Å². The van der Waals surface area contributed by atoms with Crippen molar-refractivity contribution in [1.82, 2.24) is 10.2 Å². The molecule has 0 spiro atoms. The van der Waals surface area contributed by atoms with Crippen LogP contribution in [0, 0.1) is 12.7 Å². The van der Waals surface area contributed by atoms with Gasteiger partial charge in [0.05, 0.1) is 12.1 Å². The van der Waals surface area contributed by atoms with Crippen molar-refractivity contribution in [2.45, 2.75) is 26.8 Å². The number of amides is 2. The monoisotopic (exact) mass is 266 g/mol. The van der Waals surface area contributed by atoms with Crippen LogP contribution in [0.1, 0.15) is 29.8 Å². The molecule has 0 radical (unpaired) electrons. The number of hydrogen-bond acceptors (Lipinski definition) is 2. The van der Waals surface area contributed by atoms with Crippen LogP contribution in [0.4, 0.5) is 4.39 Å². The number of hydrogen-bond donors (Lipinski definition) is 1. The van der Waals surface area contributed by atoms with Crippen molar-refractivity contribution in [1.29, 1.82) is 0 Å². The predicted octanol–water partition coefficient (Wildman–Crippen LogP) is 1.73. The topological polar surface area (TPSA) is 49.4 Å². The molecule has 0 aliphatic rings. The number of likely N-dealkylation sites (N-methyl/N-ethyl adjacent to an activating group) is 1. The van der Waals surface area contributed by atoms with Crippen LogP contribution in [-0.2, 0) is 4.79 Å². The third-order valence-electron chi connectivity index (χ3n) is 2.53. The standard InChI is InChI=1S/C14H19FN2O2/c1-9(2)16-13(18)8-17(4)14(19)11-6-5-10(3)7-12(11)15/h5-7,9H,8H2,1-4H3,(H,16,18). The molecule has 2 amide bonds. The Kier molecular flexibility index (Phi) is 5.03. The van der Waals surface area contributed by atoms with Crippen LogP contribution in [0.5, 0.6) is 0 Å². The van der Waals surface area contributed by atoms with Gasteiger partial charge in [0, 0.05) is 13.1 Å². The first-order valence-corrected chi connectivity index (χ1v) is 6.12. The molecule has 0 atom stereocenters. The second-order valence-electron chi connectivity index (χ2n) is 4.87. The fourth-order valence-corrected chi connectivity index (χ4v) is 1.65. The molecule has 1 N–H and O–H groups in total. The summed E-state index contributed by atoms with van der Waals surface area (Å²) in [5.41, 5.74) is 0.722. The Balaban J connectivity index is 2.74. The molecule has 0 aliphatic heterocycles. The van der Waals surface area contributed by atoms with Crippen LogP contribution in [0.25, 0.3) is 0 Å². The number of carbonyl (C=O) groups excluding carboxylic acids is 2. The van der Waals surface area contributed by atoms with Crippen LogP contribution in [0.3, 0.4) is 0 Å². The van der Waals surface area contributed by atoms with Crippen LogP contribution in [-0.4, -0.2) is 36.3 Å². The SMILES string of the molecule is Cc1ccc(C(=O)N(C)CC(=O)NC(C)C)c(F)c1. The van der Waals surface area contributed by atoms with E-state index < -0.39 is 11.7 Å². The number of nitrogens with zero attached hydrogens (tertiary/aromatic N) is 1. The minimum Gasteiger partial charge on any atom is -0.352 e. The summed E-state index contributed by atoms with van der Waals surface area (Å²) < 4.78 is 13.7. The molecule has 1 aromatic carbocycles. The van der Waals surface area contributed by atoms with E-state index >= 15 is 0 Å². The molecule has 0 aromatic heterocycles. The molecule has 19 heavy (non-hydrogen) atoms. The van der Waals surface area contributed by atoms with E-state index in [-0.39, 0.29) is 24.1 Å². The molecule has 1 rings (SSSR count).